The van der Waals surface area contributed by atoms with Crippen LogP contribution in [0.15, 0.2) is 97.2 Å². The maximum absolute atomic E-state index is 9.20. The van der Waals surface area contributed by atoms with Crippen molar-refractivity contribution in [1.82, 2.24) is 4.98 Å². The van der Waals surface area contributed by atoms with Crippen molar-refractivity contribution < 1.29 is 0 Å². The third-order valence-electron chi connectivity index (χ3n) is 5.84. The minimum absolute atomic E-state index is 0.619. The number of nitrogens with zero attached hydrogens (tertiary/aromatic N) is 2. The summed E-state index contributed by atoms with van der Waals surface area (Å²) in [5, 5.41) is 16.9. The molecule has 0 atom stereocenters. The molecule has 0 saturated heterocycles. The van der Waals surface area contributed by atoms with Crippen molar-refractivity contribution in [1.29, 1.82) is 5.26 Å². The van der Waals surface area contributed by atoms with Gasteiger partial charge in [0.1, 0.15) is 0 Å². The van der Waals surface area contributed by atoms with Gasteiger partial charge in [0.2, 0.25) is 0 Å². The molecule has 0 aliphatic carbocycles. The molecular weight excluding hydrogens is 364 g/mol. The summed E-state index contributed by atoms with van der Waals surface area (Å²) in [6.45, 7) is 0. The summed E-state index contributed by atoms with van der Waals surface area (Å²) in [5.41, 5.74) is 4.76. The summed E-state index contributed by atoms with van der Waals surface area (Å²) < 4.78 is 0. The first kappa shape index (κ1) is 16.7. The SMILES string of the molecule is N#Cc1ccnc(-c2cccc(-c3cc4ccc5cccc6ccc(c3)c4c56)c2)c1. The summed E-state index contributed by atoms with van der Waals surface area (Å²) >= 11 is 0. The van der Waals surface area contributed by atoms with Gasteiger partial charge in [-0.2, -0.15) is 5.26 Å². The second-order valence-electron chi connectivity index (χ2n) is 7.63. The van der Waals surface area contributed by atoms with Crippen LogP contribution >= 0.6 is 0 Å². The molecule has 0 bridgehead atoms. The Hall–Kier alpha value is -4.22. The van der Waals surface area contributed by atoms with Gasteiger partial charge >= 0.3 is 0 Å². The van der Waals surface area contributed by atoms with Crippen molar-refractivity contribution in [3.63, 3.8) is 0 Å². The van der Waals surface area contributed by atoms with E-state index < -0.39 is 0 Å². The van der Waals surface area contributed by atoms with E-state index in [1.54, 1.807) is 12.3 Å². The van der Waals surface area contributed by atoms with Gasteiger partial charge < -0.3 is 0 Å². The number of hydrogen-bond acceptors (Lipinski definition) is 2. The zero-order valence-corrected chi connectivity index (χ0v) is 16.1. The van der Waals surface area contributed by atoms with Gasteiger partial charge in [0.05, 0.1) is 17.3 Å². The summed E-state index contributed by atoms with van der Waals surface area (Å²) in [6.07, 6.45) is 1.69. The van der Waals surface area contributed by atoms with Crippen LogP contribution in [0.3, 0.4) is 0 Å². The van der Waals surface area contributed by atoms with Crippen molar-refractivity contribution in [3.05, 3.63) is 103 Å². The third kappa shape index (κ3) is 2.53. The lowest BCUT2D eigenvalue weighted by Gasteiger charge is -2.13. The van der Waals surface area contributed by atoms with Gasteiger partial charge in [-0.15, -0.1) is 0 Å². The number of aromatic nitrogens is 1. The summed E-state index contributed by atoms with van der Waals surface area (Å²) in [4.78, 5) is 4.46. The first-order chi connectivity index (χ1) is 14.8. The molecule has 0 radical (unpaired) electrons. The van der Waals surface area contributed by atoms with E-state index in [1.807, 2.05) is 12.1 Å². The quantitative estimate of drug-likeness (QED) is 0.298. The Labute approximate surface area is 174 Å². The van der Waals surface area contributed by atoms with Gasteiger partial charge in [0, 0.05) is 11.8 Å². The van der Waals surface area contributed by atoms with E-state index in [0.29, 0.717) is 5.56 Å². The lowest BCUT2D eigenvalue weighted by atomic mass is 9.91. The first-order valence-corrected chi connectivity index (χ1v) is 9.95. The Morgan fingerprint density at radius 1 is 0.567 bits per heavy atom. The largest absolute Gasteiger partial charge is 0.256 e. The van der Waals surface area contributed by atoms with Crippen molar-refractivity contribution in [2.45, 2.75) is 0 Å². The molecular formula is C28H16N2. The molecule has 0 N–H and O–H groups in total. The zero-order chi connectivity index (χ0) is 20.1. The van der Waals surface area contributed by atoms with E-state index in [4.69, 9.17) is 0 Å². The number of benzene rings is 5. The summed E-state index contributed by atoms with van der Waals surface area (Å²) in [6, 6.07) is 34.0. The molecule has 0 aliphatic heterocycles. The molecule has 5 aromatic carbocycles. The average Bonchev–Trinajstić information content (AvgIpc) is 2.82. The second kappa shape index (κ2) is 6.40. The van der Waals surface area contributed by atoms with E-state index in [0.717, 1.165) is 16.8 Å². The van der Waals surface area contributed by atoms with Crippen LogP contribution in [0.2, 0.25) is 0 Å². The van der Waals surface area contributed by atoms with Crippen LogP contribution in [-0.4, -0.2) is 4.98 Å². The second-order valence-corrected chi connectivity index (χ2v) is 7.63. The van der Waals surface area contributed by atoms with Crippen LogP contribution in [-0.2, 0) is 0 Å². The molecule has 0 amide bonds. The standard InChI is InChI=1S/C28H16N2/c29-17-18-11-12-30-26(13-18)22-6-2-5-21(14-22)25-15-23-9-7-19-3-1-4-20-8-10-24(16-25)28(23)27(19)20/h1-16H. The highest BCUT2D eigenvalue weighted by Gasteiger charge is 2.10. The maximum Gasteiger partial charge on any atom is 0.0992 e. The maximum atomic E-state index is 9.20. The van der Waals surface area contributed by atoms with E-state index >= 15 is 0 Å². The number of hydrogen-bond donors (Lipinski definition) is 0. The third-order valence-corrected chi connectivity index (χ3v) is 5.84. The predicted octanol–water partition coefficient (Wildman–Crippen LogP) is 7.18. The summed E-state index contributed by atoms with van der Waals surface area (Å²) in [7, 11) is 0. The van der Waals surface area contributed by atoms with E-state index in [2.05, 4.69) is 83.8 Å². The fourth-order valence-corrected chi connectivity index (χ4v) is 4.44. The molecule has 1 aromatic heterocycles. The van der Waals surface area contributed by atoms with Gasteiger partial charge in [-0.3, -0.25) is 4.98 Å². The molecule has 0 aliphatic rings. The Balaban J connectivity index is 1.56. The monoisotopic (exact) mass is 380 g/mol. The molecule has 30 heavy (non-hydrogen) atoms. The fraction of sp³-hybridized carbons (Fsp3) is 0. The zero-order valence-electron chi connectivity index (χ0n) is 16.1. The predicted molar refractivity (Wildman–Crippen MR) is 124 cm³/mol. The van der Waals surface area contributed by atoms with Crippen LogP contribution in [0.5, 0.6) is 0 Å². The number of nitriles is 1. The molecule has 0 unspecified atom stereocenters. The molecule has 138 valence electrons. The van der Waals surface area contributed by atoms with E-state index in [9.17, 15) is 5.26 Å². The van der Waals surface area contributed by atoms with Crippen LogP contribution in [0.4, 0.5) is 0 Å². The topological polar surface area (TPSA) is 36.7 Å². The lowest BCUT2D eigenvalue weighted by molar-refractivity contribution is 1.31. The Morgan fingerprint density at radius 3 is 1.93 bits per heavy atom. The van der Waals surface area contributed by atoms with Crippen LogP contribution in [0.1, 0.15) is 5.56 Å². The highest BCUT2D eigenvalue weighted by Crippen LogP contribution is 2.37. The highest BCUT2D eigenvalue weighted by molar-refractivity contribution is 6.23. The molecule has 6 rings (SSSR count). The van der Waals surface area contributed by atoms with E-state index in [-0.39, 0.29) is 0 Å². The lowest BCUT2D eigenvalue weighted by Crippen LogP contribution is -1.88. The molecule has 0 saturated carbocycles. The minimum Gasteiger partial charge on any atom is -0.256 e. The molecule has 2 heteroatoms. The minimum atomic E-state index is 0.619. The van der Waals surface area contributed by atoms with E-state index in [1.165, 1.54) is 37.9 Å². The summed E-state index contributed by atoms with van der Waals surface area (Å²) in [5.74, 6) is 0. The van der Waals surface area contributed by atoms with Crippen molar-refractivity contribution >= 4 is 32.3 Å². The Kier molecular flexibility index (Phi) is 3.57. The van der Waals surface area contributed by atoms with Gasteiger partial charge in [0.15, 0.2) is 0 Å². The van der Waals surface area contributed by atoms with Crippen molar-refractivity contribution in [2.75, 3.05) is 0 Å². The highest BCUT2D eigenvalue weighted by atomic mass is 14.7. The first-order valence-electron chi connectivity index (χ1n) is 9.95. The van der Waals surface area contributed by atoms with Gasteiger partial charge in [0.25, 0.3) is 0 Å². The van der Waals surface area contributed by atoms with Gasteiger partial charge in [-0.05, 0) is 73.8 Å². The molecule has 0 spiro atoms. The number of pyridine rings is 1. The smallest absolute Gasteiger partial charge is 0.0992 e. The molecule has 6 aromatic rings. The molecule has 1 heterocycles. The number of rotatable bonds is 2. The Bertz CT molecular complexity index is 1540. The molecule has 0 fully saturated rings. The van der Waals surface area contributed by atoms with Crippen LogP contribution < -0.4 is 0 Å². The normalized spacial score (nSPS) is 11.3. The molecule has 2 nitrogen and oxygen atoms in total. The fourth-order valence-electron chi connectivity index (χ4n) is 4.44. The van der Waals surface area contributed by atoms with Gasteiger partial charge in [-0.1, -0.05) is 60.7 Å². The Morgan fingerprint density at radius 2 is 1.20 bits per heavy atom. The van der Waals surface area contributed by atoms with Crippen molar-refractivity contribution in [2.24, 2.45) is 0 Å². The van der Waals surface area contributed by atoms with Gasteiger partial charge in [-0.25, -0.2) is 0 Å². The van der Waals surface area contributed by atoms with Crippen molar-refractivity contribution in [3.8, 4) is 28.5 Å². The average molecular weight is 380 g/mol. The van der Waals surface area contributed by atoms with Crippen LogP contribution in [0, 0.1) is 11.3 Å². The van der Waals surface area contributed by atoms with Crippen LogP contribution in [0.25, 0.3) is 54.7 Å².